The van der Waals surface area contributed by atoms with E-state index in [0.717, 1.165) is 5.92 Å². The molecule has 0 nitrogen and oxygen atoms in total. The molecule has 0 fully saturated rings. The highest BCUT2D eigenvalue weighted by Crippen LogP contribution is 2.26. The molecule has 0 radical (unpaired) electrons. The summed E-state index contributed by atoms with van der Waals surface area (Å²) in [6.07, 6.45) is 15.2. The molecule has 0 aromatic heterocycles. The van der Waals surface area contributed by atoms with Gasteiger partial charge in [0.25, 0.3) is 0 Å². The molecule has 1 aliphatic carbocycles. The van der Waals surface area contributed by atoms with E-state index in [-0.39, 0.29) is 0 Å². The molecule has 1 atom stereocenters. The molecule has 1 unspecified atom stereocenters. The van der Waals surface area contributed by atoms with Gasteiger partial charge in [-0.1, -0.05) is 51.2 Å². The zero-order valence-electron chi connectivity index (χ0n) is 10.0. The monoisotopic (exact) mass is 194 g/mol. The van der Waals surface area contributed by atoms with E-state index in [1.54, 1.807) is 5.57 Å². The summed E-state index contributed by atoms with van der Waals surface area (Å²) in [6, 6.07) is 0. The fourth-order valence-corrected chi connectivity index (χ4v) is 2.36. The van der Waals surface area contributed by atoms with Crippen molar-refractivity contribution in [3.05, 3.63) is 11.6 Å². The minimum atomic E-state index is 0.855. The molecule has 82 valence electrons. The Bertz CT molecular complexity index is 167. The van der Waals surface area contributed by atoms with Crippen LogP contribution in [0.25, 0.3) is 0 Å². The third-order valence-corrected chi connectivity index (χ3v) is 3.45. The van der Waals surface area contributed by atoms with Crippen LogP contribution < -0.4 is 0 Å². The predicted molar refractivity (Wildman–Crippen MR) is 64.5 cm³/mol. The molecule has 1 aliphatic rings. The number of hydrogen-bond donors (Lipinski definition) is 0. The van der Waals surface area contributed by atoms with E-state index in [9.17, 15) is 0 Å². The average molecular weight is 194 g/mol. The van der Waals surface area contributed by atoms with Crippen LogP contribution in [-0.2, 0) is 0 Å². The van der Waals surface area contributed by atoms with Crippen molar-refractivity contribution in [1.29, 1.82) is 0 Å². The second kappa shape index (κ2) is 7.09. The number of allylic oxidation sites excluding steroid dienone is 2. The summed E-state index contributed by atoms with van der Waals surface area (Å²) in [5.41, 5.74) is 1.76. The molecule has 14 heavy (non-hydrogen) atoms. The van der Waals surface area contributed by atoms with E-state index in [1.165, 1.54) is 57.8 Å². The van der Waals surface area contributed by atoms with Gasteiger partial charge in [-0.05, 0) is 38.0 Å². The minimum absolute atomic E-state index is 0.855. The van der Waals surface area contributed by atoms with E-state index >= 15 is 0 Å². The van der Waals surface area contributed by atoms with Crippen molar-refractivity contribution in [2.75, 3.05) is 0 Å². The Morgan fingerprint density at radius 3 is 2.79 bits per heavy atom. The highest BCUT2D eigenvalue weighted by Gasteiger charge is 2.09. The maximum absolute atomic E-state index is 2.54. The Hall–Kier alpha value is -0.260. The van der Waals surface area contributed by atoms with E-state index < -0.39 is 0 Å². The summed E-state index contributed by atoms with van der Waals surface area (Å²) in [5, 5.41) is 0. The first-order chi connectivity index (χ1) is 6.84. The summed E-state index contributed by atoms with van der Waals surface area (Å²) in [7, 11) is 0. The van der Waals surface area contributed by atoms with Gasteiger partial charge in [0.1, 0.15) is 0 Å². The highest BCUT2D eigenvalue weighted by molar-refractivity contribution is 5.06. The first-order valence-electron chi connectivity index (χ1n) is 6.53. The average Bonchev–Trinajstić information content (AvgIpc) is 2.13. The van der Waals surface area contributed by atoms with Gasteiger partial charge in [0.15, 0.2) is 0 Å². The lowest BCUT2D eigenvalue weighted by Gasteiger charge is -2.18. The fraction of sp³-hybridized carbons (Fsp3) is 0.857. The van der Waals surface area contributed by atoms with Crippen LogP contribution in [0.2, 0.25) is 0 Å². The largest absolute Gasteiger partial charge is 0.0851 e. The van der Waals surface area contributed by atoms with E-state index in [1.807, 2.05) is 0 Å². The standard InChI is InChI=1S/C14H26/c1-3-4-10-13(2)14-11-8-6-5-7-9-12-14/h11,13H,3-10,12H2,1-2H3/b14-11+. The van der Waals surface area contributed by atoms with Crippen molar-refractivity contribution in [1.82, 2.24) is 0 Å². The summed E-state index contributed by atoms with van der Waals surface area (Å²) < 4.78 is 0. The van der Waals surface area contributed by atoms with Crippen molar-refractivity contribution < 1.29 is 0 Å². The number of unbranched alkanes of at least 4 members (excludes halogenated alkanes) is 1. The normalized spacial score (nSPS) is 24.6. The lowest BCUT2D eigenvalue weighted by Crippen LogP contribution is -2.01. The summed E-state index contributed by atoms with van der Waals surface area (Å²) in [5.74, 6) is 0.855. The van der Waals surface area contributed by atoms with E-state index in [0.29, 0.717) is 0 Å². The lowest BCUT2D eigenvalue weighted by atomic mass is 9.88. The maximum atomic E-state index is 2.54. The van der Waals surface area contributed by atoms with Gasteiger partial charge in [-0.25, -0.2) is 0 Å². The van der Waals surface area contributed by atoms with Gasteiger partial charge >= 0.3 is 0 Å². The molecule has 0 heterocycles. The van der Waals surface area contributed by atoms with Crippen LogP contribution in [0.5, 0.6) is 0 Å². The van der Waals surface area contributed by atoms with Crippen LogP contribution in [-0.4, -0.2) is 0 Å². The van der Waals surface area contributed by atoms with Crippen LogP contribution in [0, 0.1) is 5.92 Å². The van der Waals surface area contributed by atoms with Crippen molar-refractivity contribution in [2.24, 2.45) is 5.92 Å². The quantitative estimate of drug-likeness (QED) is 0.547. The zero-order valence-corrected chi connectivity index (χ0v) is 10.0. The summed E-state index contributed by atoms with van der Waals surface area (Å²) in [6.45, 7) is 4.71. The van der Waals surface area contributed by atoms with E-state index in [2.05, 4.69) is 19.9 Å². The molecule has 0 amide bonds. The Kier molecular flexibility index (Phi) is 5.98. The molecule has 0 saturated carbocycles. The van der Waals surface area contributed by atoms with Crippen LogP contribution in [0.4, 0.5) is 0 Å². The first kappa shape index (κ1) is 11.8. The Morgan fingerprint density at radius 1 is 1.21 bits per heavy atom. The van der Waals surface area contributed by atoms with E-state index in [4.69, 9.17) is 0 Å². The molecule has 0 aliphatic heterocycles. The molecule has 0 heteroatoms. The van der Waals surface area contributed by atoms with Crippen molar-refractivity contribution in [3.63, 3.8) is 0 Å². The van der Waals surface area contributed by atoms with Crippen molar-refractivity contribution in [3.8, 4) is 0 Å². The third-order valence-electron chi connectivity index (χ3n) is 3.45. The fourth-order valence-electron chi connectivity index (χ4n) is 2.36. The van der Waals surface area contributed by atoms with Crippen LogP contribution >= 0.6 is 0 Å². The van der Waals surface area contributed by atoms with Gasteiger partial charge in [0, 0.05) is 0 Å². The maximum Gasteiger partial charge on any atom is -0.0232 e. The molecule has 0 N–H and O–H groups in total. The number of rotatable bonds is 4. The molecule has 1 rings (SSSR count). The SMILES string of the molecule is CCCCC(C)/C1=C/CCCCCC1. The topological polar surface area (TPSA) is 0 Å². The van der Waals surface area contributed by atoms with Crippen LogP contribution in [0.3, 0.4) is 0 Å². The van der Waals surface area contributed by atoms with Gasteiger partial charge in [-0.3, -0.25) is 0 Å². The van der Waals surface area contributed by atoms with Gasteiger partial charge in [-0.15, -0.1) is 0 Å². The summed E-state index contributed by atoms with van der Waals surface area (Å²) >= 11 is 0. The van der Waals surface area contributed by atoms with Crippen molar-refractivity contribution in [2.45, 2.75) is 71.6 Å². The Balaban J connectivity index is 2.37. The lowest BCUT2D eigenvalue weighted by molar-refractivity contribution is 0.524. The third kappa shape index (κ3) is 4.30. The first-order valence-corrected chi connectivity index (χ1v) is 6.53. The minimum Gasteiger partial charge on any atom is -0.0851 e. The molecule has 0 saturated heterocycles. The van der Waals surface area contributed by atoms with Crippen molar-refractivity contribution >= 4 is 0 Å². The Morgan fingerprint density at radius 2 is 2.00 bits per heavy atom. The predicted octanol–water partition coefficient (Wildman–Crippen LogP) is 5.09. The highest BCUT2D eigenvalue weighted by atomic mass is 14.1. The van der Waals surface area contributed by atoms with Crippen LogP contribution in [0.1, 0.15) is 71.6 Å². The summed E-state index contributed by atoms with van der Waals surface area (Å²) in [4.78, 5) is 0. The molecule has 0 aromatic carbocycles. The molecule has 0 spiro atoms. The molecular weight excluding hydrogens is 168 g/mol. The Labute approximate surface area is 89.8 Å². The van der Waals surface area contributed by atoms with Gasteiger partial charge in [-0.2, -0.15) is 0 Å². The van der Waals surface area contributed by atoms with Gasteiger partial charge in [0.05, 0.1) is 0 Å². The zero-order chi connectivity index (χ0) is 10.2. The number of hydrogen-bond acceptors (Lipinski definition) is 0. The van der Waals surface area contributed by atoms with Crippen LogP contribution in [0.15, 0.2) is 11.6 Å². The molecule has 0 bridgehead atoms. The second-order valence-corrected chi connectivity index (χ2v) is 4.78. The van der Waals surface area contributed by atoms with Gasteiger partial charge in [0.2, 0.25) is 0 Å². The molecule has 0 aromatic rings. The van der Waals surface area contributed by atoms with Gasteiger partial charge < -0.3 is 0 Å². The smallest absolute Gasteiger partial charge is 0.0232 e. The molecular formula is C14H26. The second-order valence-electron chi connectivity index (χ2n) is 4.78.